The number of hydrogen-bond acceptors (Lipinski definition) is 33. The number of carboxylic acid groups (broad SMARTS) is 2. The molecule has 3 heterocycles. The number of nitrogens with one attached hydrogen (secondary N) is 5. The van der Waals surface area contributed by atoms with Crippen LogP contribution in [0.4, 0.5) is 4.79 Å². The fraction of sp³-hybridized carbons (Fsp3) is 0.698. The molecule has 23 atom stereocenters. The Morgan fingerprint density at radius 2 is 1.36 bits per heavy atom. The minimum absolute atomic E-state index is 0.00479. The summed E-state index contributed by atoms with van der Waals surface area (Å²) in [7, 11) is 7.77. The lowest BCUT2D eigenvalue weighted by Crippen LogP contribution is -2.61. The summed E-state index contributed by atoms with van der Waals surface area (Å²) in [4.78, 5) is 202. The van der Waals surface area contributed by atoms with Gasteiger partial charge in [-0.25, -0.2) is 14.4 Å². The van der Waals surface area contributed by atoms with Crippen LogP contribution in [0.3, 0.4) is 0 Å². The Balaban J connectivity index is 1.11. The molecule has 1 aromatic carbocycles. The summed E-state index contributed by atoms with van der Waals surface area (Å²) in [5.41, 5.74) is 2.29. The summed E-state index contributed by atoms with van der Waals surface area (Å²) in [5.74, 6) is -17.3. The maximum atomic E-state index is 14.8. The molecule has 41 heteroatoms. The number of aliphatic hydroxyl groups excluding tert-OH is 6. The molecule has 6 amide bonds. The highest BCUT2D eigenvalue weighted by Crippen LogP contribution is 2.40. The van der Waals surface area contributed by atoms with Gasteiger partial charge in [0.25, 0.3) is 17.6 Å². The molecule has 37 nitrogen and oxygen atoms in total. The van der Waals surface area contributed by atoms with E-state index in [1.54, 1.807) is 53.0 Å². The second kappa shape index (κ2) is 62.3. The van der Waals surface area contributed by atoms with Gasteiger partial charge in [0, 0.05) is 131 Å². The predicted octanol–water partition coefficient (Wildman–Crippen LogP) is 6.80. The lowest BCUT2D eigenvalue weighted by molar-refractivity contribution is -0.265. The van der Waals surface area contributed by atoms with Crippen LogP contribution in [0.15, 0.2) is 71.9 Å². The molecule has 1 saturated carbocycles. The number of aliphatic hydroxyl groups is 7. The van der Waals surface area contributed by atoms with Gasteiger partial charge in [0.2, 0.25) is 23.5 Å². The monoisotopic (exact) mass is 2010 g/mol. The molecule has 2 bridgehead atoms. The molecular formula is C96H146N6O31S4. The number of piperidine rings is 1. The number of benzene rings is 1. The number of amides is 6. The summed E-state index contributed by atoms with van der Waals surface area (Å²) in [5, 5.41) is 105. The van der Waals surface area contributed by atoms with Gasteiger partial charge in [-0.05, 0) is 151 Å². The van der Waals surface area contributed by atoms with E-state index in [0.717, 1.165) is 37.6 Å². The average Bonchev–Trinajstić information content (AvgIpc) is 0.771. The number of ketones is 5. The van der Waals surface area contributed by atoms with E-state index in [2.05, 4.69) is 33.5 Å². The largest absolute Gasteiger partial charge is 0.481 e. The number of nitrogens with zero attached hydrogens (tertiary/aromatic N) is 1. The third kappa shape index (κ3) is 41.6. The molecule has 770 valence electrons. The highest BCUT2D eigenvalue weighted by Gasteiger charge is 2.53. The number of alkyl carbamates (subject to hydrolysis) is 1. The molecule has 4 aliphatic rings. The highest BCUT2D eigenvalue weighted by molar-refractivity contribution is 8.77. The first-order valence-corrected chi connectivity index (χ1v) is 52.1. The number of cyclic esters (lactones) is 1. The van der Waals surface area contributed by atoms with Crippen molar-refractivity contribution < 1.29 is 151 Å². The lowest BCUT2D eigenvalue weighted by Gasteiger charge is -2.42. The van der Waals surface area contributed by atoms with Crippen LogP contribution >= 0.6 is 43.2 Å². The van der Waals surface area contributed by atoms with E-state index in [9.17, 15) is 113 Å². The average molecular weight is 2010 g/mol. The molecule has 1 aliphatic carbocycles. The maximum Gasteiger partial charge on any atom is 0.407 e. The van der Waals surface area contributed by atoms with Gasteiger partial charge < -0.3 is 111 Å². The van der Waals surface area contributed by atoms with E-state index >= 15 is 0 Å². The number of carbonyl (C=O) groups excluding carboxylic acids is 13. The van der Waals surface area contributed by atoms with Gasteiger partial charge in [-0.2, -0.15) is 0 Å². The van der Waals surface area contributed by atoms with Gasteiger partial charge in [0.1, 0.15) is 73.7 Å². The molecule has 137 heavy (non-hydrogen) atoms. The van der Waals surface area contributed by atoms with E-state index in [0.29, 0.717) is 75.5 Å². The Hall–Kier alpha value is -8.01. The molecule has 1 aromatic rings. The number of hydrogen-bond donors (Lipinski definition) is 14. The number of rotatable bonds is 48. The van der Waals surface area contributed by atoms with E-state index in [1.807, 2.05) is 58.1 Å². The second-order valence-electron chi connectivity index (χ2n) is 36.4. The van der Waals surface area contributed by atoms with Crippen molar-refractivity contribution in [3.8, 4) is 0 Å². The SMILES string of the molecule is CO[C@H]1C[C@@H]2CC[C@@H](C)[C@@](O)(O2)C(=O)C(=O)N2CCCC[C@H]2C(=O)O[C@H]([C@H](C)C[C@@H]2CC[C@@H](OCCOC(=O)CCCSSCCC(=O)NC[C@H](NC(=O)[C@@H](C)CCC(=O)NC[C@H](O)[C@@H](O)[C@H](O)[C@H](O)CO)C(=O)C[C@@H](CSSCCOC(=O)NCC(=O)CC[C@H](NC(=O)c3ccc(C)cc3)C(=O)O)C(=O)O)[C@H](C)C2)CC(=O)[C@H](C)/C=C(\C)[C@@H](O)[C@@H](OC)C(=O)[C@H](C)C[C@H](C)/C=C/C=C/C=C/1C. The molecule has 14 N–H and O–H groups in total. The number of aliphatic carboxylic acids is 2. The fourth-order valence-corrected chi connectivity index (χ4v) is 20.7. The summed E-state index contributed by atoms with van der Waals surface area (Å²) in [6.07, 6.45) is 1.47. The molecule has 3 aliphatic heterocycles. The number of allylic oxidation sites excluding steroid dienone is 6. The van der Waals surface area contributed by atoms with Crippen molar-refractivity contribution in [1.82, 2.24) is 31.5 Å². The normalized spacial score (nSPS) is 26.9. The van der Waals surface area contributed by atoms with Gasteiger partial charge in [0.15, 0.2) is 17.3 Å². The van der Waals surface area contributed by atoms with Crippen molar-refractivity contribution >= 4 is 132 Å². The molecule has 5 rings (SSSR count). The van der Waals surface area contributed by atoms with Crippen LogP contribution in [0.1, 0.15) is 207 Å². The van der Waals surface area contributed by atoms with Crippen molar-refractivity contribution in [2.75, 3.05) is 89.8 Å². The second-order valence-corrected chi connectivity index (χ2v) is 41.7. The minimum atomic E-state index is -2.51. The molecule has 0 unspecified atom stereocenters. The van der Waals surface area contributed by atoms with Crippen LogP contribution < -0.4 is 26.6 Å². The van der Waals surface area contributed by atoms with E-state index in [-0.39, 0.29) is 142 Å². The van der Waals surface area contributed by atoms with Crippen LogP contribution in [0, 0.1) is 60.2 Å². The number of ether oxygens (including phenoxy) is 7. The zero-order valence-corrected chi connectivity index (χ0v) is 84.0. The van der Waals surface area contributed by atoms with Gasteiger partial charge in [-0.15, -0.1) is 0 Å². The minimum Gasteiger partial charge on any atom is -0.481 e. The van der Waals surface area contributed by atoms with Crippen LogP contribution in [0.25, 0.3) is 0 Å². The van der Waals surface area contributed by atoms with Crippen molar-refractivity contribution in [2.24, 2.45) is 53.3 Å². The molecule has 0 aromatic heterocycles. The Labute approximate surface area is 818 Å². The van der Waals surface area contributed by atoms with Crippen molar-refractivity contribution in [2.45, 2.75) is 283 Å². The molecule has 0 spiro atoms. The Morgan fingerprint density at radius 3 is 2.04 bits per heavy atom. The van der Waals surface area contributed by atoms with E-state index in [1.165, 1.54) is 47.8 Å². The smallest absolute Gasteiger partial charge is 0.407 e. The summed E-state index contributed by atoms with van der Waals surface area (Å²) < 4.78 is 41.1. The summed E-state index contributed by atoms with van der Waals surface area (Å²) in [6, 6.07) is 2.35. The van der Waals surface area contributed by atoms with Crippen molar-refractivity contribution in [1.29, 1.82) is 0 Å². The van der Waals surface area contributed by atoms with Crippen molar-refractivity contribution in [3.05, 3.63) is 83.0 Å². The number of aryl methyl sites for hydroxylation is 1. The molecule has 0 radical (unpaired) electrons. The summed E-state index contributed by atoms with van der Waals surface area (Å²) in [6.45, 7) is 15.3. The number of carbonyl (C=O) groups is 15. The number of Topliss-reactive ketones (excluding diaryl/α,β-unsaturated/α-hetero) is 5. The zero-order valence-electron chi connectivity index (χ0n) is 80.7. The first kappa shape index (κ1) is 119. The third-order valence-electron chi connectivity index (χ3n) is 25.2. The predicted molar refractivity (Wildman–Crippen MR) is 514 cm³/mol. The van der Waals surface area contributed by atoms with Crippen LogP contribution in [0.5, 0.6) is 0 Å². The van der Waals surface area contributed by atoms with Gasteiger partial charge in [0.05, 0.1) is 50.1 Å². The van der Waals surface area contributed by atoms with Gasteiger partial charge in [-0.3, -0.25) is 57.5 Å². The Morgan fingerprint density at radius 1 is 0.679 bits per heavy atom. The van der Waals surface area contributed by atoms with E-state index in [4.69, 9.17) is 38.3 Å². The number of fused-ring (bicyclic) bond motifs is 3. The first-order valence-electron chi connectivity index (χ1n) is 47.1. The standard InChI is InChI=1S/C96H146N6O31S4/c1-55-23-28-66(29-24-55)90(118)100-70(93(122)123)32-30-68(104)50-99-95(125)131-39-42-136-137-54-67(92(120)121)47-74(106)71(101-89(117)58(4)25-34-80(109)98-52-75(107)85(114)86(115)76(108)53-103)51-97-81(110)35-41-135-134-40-18-22-82(111)130-38-37-129-77-33-27-65(45-60(77)6)46-61(7)79-49-73(105)59(5)44-63(9)84(113)87(128-12)83(112)62(8)43-56(2)19-14-13-15-20-57(3)78(127-11)48-69-31-26-64(10)96(126,133-69)88(116)91(119)102-36-17-16-21-72(102)94(124)132-79/h13-15,19-20,23-24,28-29,44,56,58-62,64-65,67,69-72,75-79,84-87,103,107-108,113-115,126H,16-18,21-22,25-27,30-43,45-54H2,1-12H3,(H,97,110)(H,98,109)(H,99,125)(H,100,118)(H,101,117)(H,120,121)(H,122,123)/b15-13+,19-14+,57-20+,63-44+/t56-,58+,59-,60-,61-,62-,64-,65-,67+,69+,70+,71+,72+,75+,76-,77-,78+,79+,84-,85-,86-,87+,96-/m1/s1. The Kier molecular flexibility index (Phi) is 54.3. The lowest BCUT2D eigenvalue weighted by atomic mass is 9.75. The van der Waals surface area contributed by atoms with Gasteiger partial charge in [-0.1, -0.05) is 146 Å². The molecule has 3 fully saturated rings. The van der Waals surface area contributed by atoms with E-state index < -0.39 is 224 Å². The number of carboxylic acids is 2. The number of methoxy groups -OCH3 is 2. The number of esters is 2. The first-order chi connectivity index (χ1) is 64.9. The fourth-order valence-electron chi connectivity index (χ4n) is 16.5. The Bertz CT molecular complexity index is 4240. The topological polar surface area (TPSA) is 566 Å². The maximum absolute atomic E-state index is 14.8. The van der Waals surface area contributed by atoms with Crippen LogP contribution in [-0.4, -0.2) is 314 Å². The molecular weight excluding hydrogens is 1860 g/mol. The van der Waals surface area contributed by atoms with Crippen molar-refractivity contribution in [3.63, 3.8) is 0 Å². The highest BCUT2D eigenvalue weighted by atomic mass is 33.1. The van der Waals surface area contributed by atoms with Crippen LogP contribution in [0.2, 0.25) is 0 Å². The third-order valence-corrected chi connectivity index (χ3v) is 30.1. The van der Waals surface area contributed by atoms with Crippen LogP contribution in [-0.2, 0) is 95.5 Å². The molecule has 2 saturated heterocycles. The van der Waals surface area contributed by atoms with Gasteiger partial charge >= 0.3 is 30.0 Å². The quantitative estimate of drug-likeness (QED) is 0.00796. The summed E-state index contributed by atoms with van der Waals surface area (Å²) >= 11 is 0. The zero-order chi connectivity index (χ0) is 102.